The Bertz CT molecular complexity index is 613. The number of rotatable bonds is 6. The number of nitrogens with zero attached hydrogens (tertiary/aromatic N) is 2. The van der Waals surface area contributed by atoms with Crippen LogP contribution in [0.1, 0.15) is 11.1 Å². The highest BCUT2D eigenvalue weighted by atomic mass is 32.2. The van der Waals surface area contributed by atoms with Gasteiger partial charge in [-0.05, 0) is 38.1 Å². The first-order valence-corrected chi connectivity index (χ1v) is 7.52. The molecule has 0 saturated heterocycles. The molecule has 1 N–H and O–H groups in total. The molecule has 0 fully saturated rings. The van der Waals surface area contributed by atoms with E-state index < -0.39 is 14.9 Å². The van der Waals surface area contributed by atoms with E-state index in [1.807, 2.05) is 0 Å². The van der Waals surface area contributed by atoms with Crippen molar-refractivity contribution in [2.24, 2.45) is 0 Å². The summed E-state index contributed by atoms with van der Waals surface area (Å²) in [7, 11) is -0.759. The van der Waals surface area contributed by atoms with Crippen LogP contribution in [0.3, 0.4) is 0 Å². The molecule has 0 atom stereocenters. The Hall–Kier alpha value is -1.51. The second kappa shape index (κ2) is 6.29. The number of sulfonamides is 1. The van der Waals surface area contributed by atoms with Crippen LogP contribution >= 0.6 is 0 Å². The van der Waals surface area contributed by atoms with Crippen molar-refractivity contribution in [2.45, 2.75) is 18.7 Å². The second-order valence-electron chi connectivity index (χ2n) is 4.59. The number of likely N-dealkylation sites (N-methyl/N-ethyl adjacent to an activating group) is 2. The number of aryl methyl sites for hydroxylation is 2. The monoisotopic (exact) mass is 301 g/mol. The van der Waals surface area contributed by atoms with Crippen LogP contribution < -0.4 is 5.32 Å². The van der Waals surface area contributed by atoms with Crippen LogP contribution in [0.15, 0.2) is 17.0 Å². The molecule has 1 aromatic carbocycles. The topological polar surface area (TPSA) is 92.6 Å². The van der Waals surface area contributed by atoms with Gasteiger partial charge in [0.1, 0.15) is 0 Å². The number of benzene rings is 1. The average Bonchev–Trinajstić information content (AvgIpc) is 2.37. The lowest BCUT2D eigenvalue weighted by Gasteiger charge is -2.17. The van der Waals surface area contributed by atoms with E-state index in [2.05, 4.69) is 5.32 Å². The van der Waals surface area contributed by atoms with Crippen LogP contribution in [0.2, 0.25) is 0 Å². The maximum absolute atomic E-state index is 12.4. The van der Waals surface area contributed by atoms with E-state index in [-0.39, 0.29) is 17.1 Å². The van der Waals surface area contributed by atoms with Crippen LogP contribution in [0.4, 0.5) is 5.69 Å². The van der Waals surface area contributed by atoms with Crippen molar-refractivity contribution in [1.82, 2.24) is 9.62 Å². The third kappa shape index (κ3) is 3.33. The average molecular weight is 301 g/mol. The summed E-state index contributed by atoms with van der Waals surface area (Å²) in [4.78, 5) is 10.2. The quantitative estimate of drug-likeness (QED) is 0.626. The van der Waals surface area contributed by atoms with Crippen molar-refractivity contribution in [1.29, 1.82) is 0 Å². The highest BCUT2D eigenvalue weighted by Gasteiger charge is 2.30. The van der Waals surface area contributed by atoms with Crippen molar-refractivity contribution >= 4 is 15.7 Å². The Morgan fingerprint density at radius 1 is 1.30 bits per heavy atom. The van der Waals surface area contributed by atoms with Crippen LogP contribution in [0.25, 0.3) is 0 Å². The fourth-order valence-corrected chi connectivity index (χ4v) is 3.07. The highest BCUT2D eigenvalue weighted by Crippen LogP contribution is 2.29. The number of nitro benzene ring substituents is 1. The van der Waals surface area contributed by atoms with Gasteiger partial charge in [-0.15, -0.1) is 0 Å². The van der Waals surface area contributed by atoms with Gasteiger partial charge in [0.05, 0.1) is 4.92 Å². The summed E-state index contributed by atoms with van der Waals surface area (Å²) < 4.78 is 26.0. The zero-order chi connectivity index (χ0) is 15.5. The molecule has 0 aromatic heterocycles. The van der Waals surface area contributed by atoms with Gasteiger partial charge in [0.25, 0.3) is 5.69 Å². The smallest absolute Gasteiger partial charge is 0.289 e. The summed E-state index contributed by atoms with van der Waals surface area (Å²) in [6, 6.07) is 2.66. The van der Waals surface area contributed by atoms with Crippen LogP contribution in [0.5, 0.6) is 0 Å². The lowest BCUT2D eigenvalue weighted by atomic mass is 10.1. The molecular weight excluding hydrogens is 282 g/mol. The molecule has 7 nitrogen and oxygen atoms in total. The second-order valence-corrected chi connectivity index (χ2v) is 6.60. The third-order valence-electron chi connectivity index (χ3n) is 3.14. The van der Waals surface area contributed by atoms with Crippen molar-refractivity contribution in [3.63, 3.8) is 0 Å². The minimum absolute atomic E-state index is 0.239. The summed E-state index contributed by atoms with van der Waals surface area (Å²) in [5.41, 5.74) is 1.01. The molecule has 112 valence electrons. The summed E-state index contributed by atoms with van der Waals surface area (Å²) >= 11 is 0. The standard InChI is InChI=1S/C12H19N3O4S/c1-9-7-11(15(16)17)12(8-10(9)2)20(18,19)14(4)6-5-13-3/h7-8,13H,5-6H2,1-4H3. The first kappa shape index (κ1) is 16.5. The van der Waals surface area contributed by atoms with E-state index in [4.69, 9.17) is 0 Å². The van der Waals surface area contributed by atoms with Crippen LogP contribution in [0, 0.1) is 24.0 Å². The predicted octanol–water partition coefficient (Wildman–Crippen LogP) is 1.05. The Balaban J connectivity index is 3.37. The number of nitrogens with one attached hydrogen (secondary N) is 1. The predicted molar refractivity (Wildman–Crippen MR) is 76.3 cm³/mol. The molecule has 0 spiro atoms. The number of nitro groups is 1. The lowest BCUT2D eigenvalue weighted by molar-refractivity contribution is -0.387. The van der Waals surface area contributed by atoms with Crippen LogP contribution in [-0.4, -0.2) is 44.8 Å². The first-order valence-electron chi connectivity index (χ1n) is 6.08. The molecule has 0 aliphatic carbocycles. The largest absolute Gasteiger partial charge is 0.318 e. The van der Waals surface area contributed by atoms with Gasteiger partial charge < -0.3 is 5.32 Å². The molecule has 1 rings (SSSR count). The normalized spacial score (nSPS) is 11.8. The summed E-state index contributed by atoms with van der Waals surface area (Å²) in [5, 5.41) is 13.9. The molecule has 0 amide bonds. The number of hydrogen-bond acceptors (Lipinski definition) is 5. The molecule has 0 heterocycles. The van der Waals surface area contributed by atoms with Crippen molar-refractivity contribution in [3.8, 4) is 0 Å². The van der Waals surface area contributed by atoms with Gasteiger partial charge in [-0.2, -0.15) is 4.31 Å². The molecule has 0 bridgehead atoms. The van der Waals surface area contributed by atoms with Crippen LogP contribution in [-0.2, 0) is 10.0 Å². The Kier molecular flexibility index (Phi) is 5.21. The highest BCUT2D eigenvalue weighted by molar-refractivity contribution is 7.89. The van der Waals surface area contributed by atoms with E-state index >= 15 is 0 Å². The molecule has 0 unspecified atom stereocenters. The third-order valence-corrected chi connectivity index (χ3v) is 5.02. The molecule has 1 aromatic rings. The van der Waals surface area contributed by atoms with E-state index in [1.54, 1.807) is 20.9 Å². The molecule has 0 saturated carbocycles. The Morgan fingerprint density at radius 3 is 2.35 bits per heavy atom. The summed E-state index contributed by atoms with van der Waals surface area (Å²) in [6.07, 6.45) is 0. The Morgan fingerprint density at radius 2 is 1.85 bits per heavy atom. The fraction of sp³-hybridized carbons (Fsp3) is 0.500. The fourth-order valence-electron chi connectivity index (χ4n) is 1.68. The van der Waals surface area contributed by atoms with Gasteiger partial charge in [0, 0.05) is 26.2 Å². The van der Waals surface area contributed by atoms with Gasteiger partial charge in [0.2, 0.25) is 10.0 Å². The molecule has 20 heavy (non-hydrogen) atoms. The van der Waals surface area contributed by atoms with E-state index in [1.165, 1.54) is 19.2 Å². The van der Waals surface area contributed by atoms with E-state index in [0.29, 0.717) is 17.7 Å². The molecule has 0 aliphatic rings. The minimum Gasteiger partial charge on any atom is -0.318 e. The minimum atomic E-state index is -3.87. The maximum Gasteiger partial charge on any atom is 0.289 e. The SMILES string of the molecule is CNCCN(C)S(=O)(=O)c1cc(C)c(C)cc1[N+](=O)[O-]. The van der Waals surface area contributed by atoms with Gasteiger partial charge in [-0.25, -0.2) is 8.42 Å². The van der Waals surface area contributed by atoms with Crippen molar-refractivity contribution in [3.05, 3.63) is 33.4 Å². The van der Waals surface area contributed by atoms with Gasteiger partial charge in [-0.1, -0.05) is 0 Å². The van der Waals surface area contributed by atoms with Crippen molar-refractivity contribution in [2.75, 3.05) is 27.2 Å². The first-order chi connectivity index (χ1) is 9.21. The summed E-state index contributed by atoms with van der Waals surface area (Å²) in [6.45, 7) is 4.15. The zero-order valence-corrected chi connectivity index (χ0v) is 12.8. The van der Waals surface area contributed by atoms with Gasteiger partial charge in [0.15, 0.2) is 4.90 Å². The number of hydrogen-bond donors (Lipinski definition) is 1. The van der Waals surface area contributed by atoms with E-state index in [0.717, 1.165) is 4.31 Å². The van der Waals surface area contributed by atoms with Gasteiger partial charge in [-0.3, -0.25) is 10.1 Å². The Labute approximate surface area is 118 Å². The van der Waals surface area contributed by atoms with E-state index in [9.17, 15) is 18.5 Å². The molecule has 0 radical (unpaired) electrons. The zero-order valence-electron chi connectivity index (χ0n) is 12.0. The van der Waals surface area contributed by atoms with Crippen molar-refractivity contribution < 1.29 is 13.3 Å². The molecule has 0 aliphatic heterocycles. The molecular formula is C12H19N3O4S. The maximum atomic E-state index is 12.4. The molecule has 8 heteroatoms. The lowest BCUT2D eigenvalue weighted by Crippen LogP contribution is -2.33. The van der Waals surface area contributed by atoms with Gasteiger partial charge >= 0.3 is 0 Å². The summed E-state index contributed by atoms with van der Waals surface area (Å²) in [5.74, 6) is 0.